The summed E-state index contributed by atoms with van der Waals surface area (Å²) in [5, 5.41) is 7.57. The largest absolute Gasteiger partial charge is 0.338 e. The molecule has 0 bridgehead atoms. The molecule has 1 aliphatic rings. The molecule has 1 saturated heterocycles. The first-order valence-corrected chi connectivity index (χ1v) is 12.3. The zero-order valence-corrected chi connectivity index (χ0v) is 19.7. The van der Waals surface area contributed by atoms with Crippen molar-refractivity contribution in [2.75, 3.05) is 26.2 Å². The summed E-state index contributed by atoms with van der Waals surface area (Å²) in [5.41, 5.74) is 1.73. The number of carbonyl (C=O) groups is 1. The molecule has 1 aliphatic heterocycles. The normalized spacial score (nSPS) is 14.8. The van der Waals surface area contributed by atoms with E-state index in [0.717, 1.165) is 34.2 Å². The van der Waals surface area contributed by atoms with Gasteiger partial charge in [0.15, 0.2) is 0 Å². The Balaban J connectivity index is 1.20. The second-order valence-corrected chi connectivity index (χ2v) is 9.88. The summed E-state index contributed by atoms with van der Waals surface area (Å²) in [6.45, 7) is 5.28. The van der Waals surface area contributed by atoms with E-state index >= 15 is 0 Å². The van der Waals surface area contributed by atoms with Crippen molar-refractivity contribution in [3.63, 3.8) is 0 Å². The van der Waals surface area contributed by atoms with E-state index in [9.17, 15) is 4.79 Å². The second-order valence-electron chi connectivity index (χ2n) is 7.50. The van der Waals surface area contributed by atoms with Crippen molar-refractivity contribution in [3.8, 4) is 21.3 Å². The van der Waals surface area contributed by atoms with Gasteiger partial charge in [0.2, 0.25) is 11.7 Å². The van der Waals surface area contributed by atoms with Crippen molar-refractivity contribution in [2.24, 2.45) is 0 Å². The first-order valence-electron chi connectivity index (χ1n) is 10.2. The van der Waals surface area contributed by atoms with Crippen LogP contribution >= 0.6 is 34.3 Å². The van der Waals surface area contributed by atoms with Crippen LogP contribution in [-0.4, -0.2) is 57.0 Å². The minimum atomic E-state index is 0.0395. The number of nitrogens with zero attached hydrogens (tertiary/aromatic N) is 5. The Morgan fingerprint density at radius 3 is 2.62 bits per heavy atom. The van der Waals surface area contributed by atoms with Gasteiger partial charge in [-0.05, 0) is 30.5 Å². The SMILES string of the molecule is Cc1nc(-c2ccc(Cl)cc2)sc1C(=O)N1CCN(Cc2nc(-c3cccs3)no2)CC1. The number of thiazole rings is 1. The first kappa shape index (κ1) is 21.3. The average Bonchev–Trinajstić information content (AvgIpc) is 3.55. The van der Waals surface area contributed by atoms with Crippen molar-refractivity contribution in [3.05, 3.63) is 63.3 Å². The highest BCUT2D eigenvalue weighted by Gasteiger charge is 2.26. The van der Waals surface area contributed by atoms with E-state index in [1.54, 1.807) is 11.3 Å². The lowest BCUT2D eigenvalue weighted by Gasteiger charge is -2.33. The van der Waals surface area contributed by atoms with Gasteiger partial charge in [-0.25, -0.2) is 4.98 Å². The summed E-state index contributed by atoms with van der Waals surface area (Å²) in [6.07, 6.45) is 0. The number of hydrogen-bond donors (Lipinski definition) is 0. The van der Waals surface area contributed by atoms with Crippen molar-refractivity contribution in [2.45, 2.75) is 13.5 Å². The van der Waals surface area contributed by atoms with Crippen LogP contribution in [0.2, 0.25) is 5.02 Å². The van der Waals surface area contributed by atoms with Crippen LogP contribution < -0.4 is 0 Å². The van der Waals surface area contributed by atoms with E-state index in [2.05, 4.69) is 20.0 Å². The van der Waals surface area contributed by atoms with Crippen molar-refractivity contribution in [1.82, 2.24) is 24.9 Å². The quantitative estimate of drug-likeness (QED) is 0.402. The van der Waals surface area contributed by atoms with Crippen LogP contribution in [0.4, 0.5) is 0 Å². The van der Waals surface area contributed by atoms with E-state index in [0.29, 0.717) is 41.2 Å². The first-order chi connectivity index (χ1) is 15.6. The molecule has 0 saturated carbocycles. The summed E-state index contributed by atoms with van der Waals surface area (Å²) < 4.78 is 5.41. The number of piperazine rings is 1. The number of thiophene rings is 1. The van der Waals surface area contributed by atoms with Gasteiger partial charge in [-0.1, -0.05) is 35.0 Å². The van der Waals surface area contributed by atoms with E-state index in [4.69, 9.17) is 16.1 Å². The summed E-state index contributed by atoms with van der Waals surface area (Å²) in [6, 6.07) is 11.5. The Morgan fingerprint density at radius 1 is 1.12 bits per heavy atom. The van der Waals surface area contributed by atoms with Crippen LogP contribution in [0, 0.1) is 6.92 Å². The Hall–Kier alpha value is -2.59. The van der Waals surface area contributed by atoms with E-state index in [1.807, 2.05) is 53.6 Å². The molecule has 4 heterocycles. The van der Waals surface area contributed by atoms with Crippen LogP contribution in [0.25, 0.3) is 21.3 Å². The number of aryl methyl sites for hydroxylation is 1. The van der Waals surface area contributed by atoms with E-state index in [1.165, 1.54) is 11.3 Å². The number of benzene rings is 1. The molecule has 0 N–H and O–H groups in total. The molecule has 0 radical (unpaired) electrons. The molecular weight excluding hydrogens is 466 g/mol. The van der Waals surface area contributed by atoms with Gasteiger partial charge in [0.05, 0.1) is 17.1 Å². The maximum atomic E-state index is 13.1. The Labute approximate surface area is 198 Å². The highest BCUT2D eigenvalue weighted by molar-refractivity contribution is 7.17. The number of carbonyl (C=O) groups excluding carboxylic acids is 1. The fraction of sp³-hybridized carbons (Fsp3) is 0.273. The second kappa shape index (κ2) is 9.11. The van der Waals surface area contributed by atoms with Gasteiger partial charge >= 0.3 is 0 Å². The molecule has 164 valence electrons. The molecule has 5 rings (SSSR count). The van der Waals surface area contributed by atoms with Gasteiger partial charge < -0.3 is 9.42 Å². The van der Waals surface area contributed by atoms with Gasteiger partial charge in [0, 0.05) is 36.8 Å². The number of amides is 1. The lowest BCUT2D eigenvalue weighted by Crippen LogP contribution is -2.48. The zero-order valence-electron chi connectivity index (χ0n) is 17.3. The van der Waals surface area contributed by atoms with Crippen LogP contribution in [0.5, 0.6) is 0 Å². The number of halogens is 1. The Bertz CT molecular complexity index is 1210. The van der Waals surface area contributed by atoms with Gasteiger partial charge in [-0.3, -0.25) is 9.69 Å². The Morgan fingerprint density at radius 2 is 1.91 bits per heavy atom. The fourth-order valence-electron chi connectivity index (χ4n) is 3.58. The van der Waals surface area contributed by atoms with Gasteiger partial charge in [0.25, 0.3) is 5.91 Å². The van der Waals surface area contributed by atoms with Crippen molar-refractivity contribution >= 4 is 40.2 Å². The standard InChI is InChI=1S/C22H20ClN5O2S2/c1-14-19(32-21(24-14)15-4-6-16(23)7-5-15)22(29)28-10-8-27(9-11-28)13-18-25-20(26-30-18)17-3-2-12-31-17/h2-7,12H,8-11,13H2,1H3. The molecule has 0 atom stereocenters. The molecular formula is C22H20ClN5O2S2. The van der Waals surface area contributed by atoms with E-state index < -0.39 is 0 Å². The molecule has 4 aromatic rings. The summed E-state index contributed by atoms with van der Waals surface area (Å²) in [5.74, 6) is 1.26. The minimum absolute atomic E-state index is 0.0395. The van der Waals surface area contributed by atoms with Crippen LogP contribution in [0.1, 0.15) is 21.3 Å². The van der Waals surface area contributed by atoms with Crippen LogP contribution in [0.3, 0.4) is 0 Å². The lowest BCUT2D eigenvalue weighted by atomic mass is 10.2. The molecule has 3 aromatic heterocycles. The average molecular weight is 486 g/mol. The van der Waals surface area contributed by atoms with Gasteiger partial charge in [-0.2, -0.15) is 4.98 Å². The third-order valence-corrected chi connectivity index (χ3v) is 7.62. The zero-order chi connectivity index (χ0) is 22.1. The Kier molecular flexibility index (Phi) is 6.05. The highest BCUT2D eigenvalue weighted by Crippen LogP contribution is 2.30. The number of hydrogen-bond acceptors (Lipinski definition) is 8. The third-order valence-electron chi connectivity index (χ3n) is 5.31. The lowest BCUT2D eigenvalue weighted by molar-refractivity contribution is 0.0619. The van der Waals surface area contributed by atoms with Crippen LogP contribution in [-0.2, 0) is 6.54 Å². The van der Waals surface area contributed by atoms with Crippen molar-refractivity contribution in [1.29, 1.82) is 0 Å². The van der Waals surface area contributed by atoms with Crippen LogP contribution in [0.15, 0.2) is 46.3 Å². The summed E-state index contributed by atoms with van der Waals surface area (Å²) in [4.78, 5) is 28.1. The summed E-state index contributed by atoms with van der Waals surface area (Å²) in [7, 11) is 0. The monoisotopic (exact) mass is 485 g/mol. The molecule has 10 heteroatoms. The highest BCUT2D eigenvalue weighted by atomic mass is 35.5. The van der Waals surface area contributed by atoms with E-state index in [-0.39, 0.29) is 5.91 Å². The molecule has 32 heavy (non-hydrogen) atoms. The van der Waals surface area contributed by atoms with Gasteiger partial charge in [0.1, 0.15) is 9.88 Å². The molecule has 0 aliphatic carbocycles. The summed E-state index contributed by atoms with van der Waals surface area (Å²) >= 11 is 9.00. The smallest absolute Gasteiger partial charge is 0.265 e. The maximum absolute atomic E-state index is 13.1. The predicted octanol–water partition coefficient (Wildman–Crippen LogP) is 4.84. The molecule has 7 nitrogen and oxygen atoms in total. The fourth-order valence-corrected chi connectivity index (χ4v) is 5.39. The molecule has 0 spiro atoms. The van der Waals surface area contributed by atoms with Crippen molar-refractivity contribution < 1.29 is 9.32 Å². The number of rotatable bonds is 5. The molecule has 1 amide bonds. The predicted molar refractivity (Wildman–Crippen MR) is 126 cm³/mol. The third kappa shape index (κ3) is 4.47. The number of aromatic nitrogens is 3. The topological polar surface area (TPSA) is 75.4 Å². The molecule has 1 aromatic carbocycles. The van der Waals surface area contributed by atoms with Gasteiger partial charge in [-0.15, -0.1) is 22.7 Å². The molecule has 1 fully saturated rings. The minimum Gasteiger partial charge on any atom is -0.338 e. The molecule has 0 unspecified atom stereocenters. The maximum Gasteiger partial charge on any atom is 0.265 e.